The molecule has 3 heterocycles. The first-order valence-electron chi connectivity index (χ1n) is 10.0. The molecule has 1 aliphatic heterocycles. The zero-order valence-corrected chi connectivity index (χ0v) is 17.2. The number of rotatable bonds is 3. The molecule has 5 heteroatoms. The topological polar surface area (TPSA) is 45.2 Å². The number of nitrogens with zero attached hydrogens (tertiary/aromatic N) is 2. The zero-order chi connectivity index (χ0) is 19.8. The normalized spacial score (nSPS) is 17.1. The molecule has 1 fully saturated rings. The van der Waals surface area contributed by atoms with Gasteiger partial charge in [0.15, 0.2) is 0 Å². The smallest absolute Gasteiger partial charge is 0.205 e. The molecule has 2 aromatic heterocycles. The minimum absolute atomic E-state index is 0.0865. The molecule has 146 valence electrons. The van der Waals surface area contributed by atoms with Crippen molar-refractivity contribution in [2.75, 3.05) is 24.5 Å². The van der Waals surface area contributed by atoms with Crippen molar-refractivity contribution in [3.63, 3.8) is 0 Å². The van der Waals surface area contributed by atoms with E-state index in [0.29, 0.717) is 11.4 Å². The predicted molar refractivity (Wildman–Crippen MR) is 122 cm³/mol. The molecule has 5 rings (SSSR count). The minimum Gasteiger partial charge on any atom is -0.353 e. The fourth-order valence-corrected chi connectivity index (χ4v) is 5.16. The number of piperazine rings is 1. The van der Waals surface area contributed by atoms with Gasteiger partial charge >= 0.3 is 0 Å². The van der Waals surface area contributed by atoms with Gasteiger partial charge in [-0.05, 0) is 37.1 Å². The lowest BCUT2D eigenvalue weighted by atomic mass is 10.0. The van der Waals surface area contributed by atoms with Crippen LogP contribution < -0.4 is 15.6 Å². The molecular weight excluding hydrogens is 378 g/mol. The van der Waals surface area contributed by atoms with Crippen LogP contribution in [0.15, 0.2) is 65.5 Å². The van der Waals surface area contributed by atoms with Crippen LogP contribution in [0.1, 0.15) is 10.4 Å². The van der Waals surface area contributed by atoms with Crippen LogP contribution in [0.3, 0.4) is 0 Å². The average Bonchev–Trinajstić information content (AvgIpc) is 3.09. The van der Waals surface area contributed by atoms with Crippen molar-refractivity contribution in [3.05, 3.63) is 81.3 Å². The van der Waals surface area contributed by atoms with Gasteiger partial charge in [0.25, 0.3) is 0 Å². The Bertz CT molecular complexity index is 1240. The van der Waals surface area contributed by atoms with E-state index in [9.17, 15) is 4.79 Å². The number of nitrogens with one attached hydrogen (secondary N) is 1. The summed E-state index contributed by atoms with van der Waals surface area (Å²) < 4.78 is 0.810. The van der Waals surface area contributed by atoms with E-state index < -0.39 is 0 Å². The number of thiophene rings is 1. The summed E-state index contributed by atoms with van der Waals surface area (Å²) in [5.74, 6) is 0.933. The predicted octanol–water partition coefficient (Wildman–Crippen LogP) is 4.14. The fraction of sp³-hybridized carbons (Fsp3) is 0.250. The minimum atomic E-state index is 0.0865. The Kier molecular flexibility index (Phi) is 4.78. The van der Waals surface area contributed by atoms with Gasteiger partial charge in [-0.3, -0.25) is 4.79 Å². The highest BCUT2D eigenvalue weighted by Crippen LogP contribution is 2.31. The highest BCUT2D eigenvalue weighted by molar-refractivity contribution is 7.19. The van der Waals surface area contributed by atoms with Crippen LogP contribution in [-0.4, -0.2) is 30.7 Å². The number of anilines is 1. The van der Waals surface area contributed by atoms with Crippen molar-refractivity contribution >= 4 is 38.1 Å². The summed E-state index contributed by atoms with van der Waals surface area (Å²) in [4.78, 5) is 21.7. The van der Waals surface area contributed by atoms with E-state index in [1.54, 1.807) is 11.3 Å². The van der Waals surface area contributed by atoms with Crippen molar-refractivity contribution in [2.24, 2.45) is 0 Å². The highest BCUT2D eigenvalue weighted by atomic mass is 32.1. The van der Waals surface area contributed by atoms with Crippen molar-refractivity contribution in [2.45, 2.75) is 19.4 Å². The summed E-state index contributed by atoms with van der Waals surface area (Å²) in [5, 5.41) is 5.32. The van der Waals surface area contributed by atoms with Crippen LogP contribution in [0.4, 0.5) is 5.82 Å². The van der Waals surface area contributed by atoms with Crippen LogP contribution >= 0.6 is 11.3 Å². The Morgan fingerprint density at radius 2 is 1.90 bits per heavy atom. The number of benzene rings is 2. The van der Waals surface area contributed by atoms with Crippen molar-refractivity contribution in [3.8, 4) is 0 Å². The zero-order valence-electron chi connectivity index (χ0n) is 16.4. The summed E-state index contributed by atoms with van der Waals surface area (Å²) in [6.45, 7) is 4.73. The lowest BCUT2D eigenvalue weighted by Gasteiger charge is -2.34. The number of hydrogen-bond donors (Lipinski definition) is 1. The van der Waals surface area contributed by atoms with Crippen molar-refractivity contribution in [1.82, 2.24) is 10.3 Å². The second-order valence-electron chi connectivity index (χ2n) is 7.67. The fourth-order valence-electron chi connectivity index (χ4n) is 4.20. The third kappa shape index (κ3) is 3.52. The van der Waals surface area contributed by atoms with Crippen LogP contribution in [0.2, 0.25) is 0 Å². The molecule has 4 aromatic rings. The molecule has 4 nitrogen and oxygen atoms in total. The van der Waals surface area contributed by atoms with Gasteiger partial charge in [-0.25, -0.2) is 4.98 Å². The van der Waals surface area contributed by atoms with E-state index in [1.807, 2.05) is 24.3 Å². The lowest BCUT2D eigenvalue weighted by Crippen LogP contribution is -2.51. The van der Waals surface area contributed by atoms with E-state index in [-0.39, 0.29) is 5.43 Å². The van der Waals surface area contributed by atoms with Crippen LogP contribution in [0.5, 0.6) is 0 Å². The van der Waals surface area contributed by atoms with E-state index in [1.165, 1.54) is 5.56 Å². The maximum Gasteiger partial charge on any atom is 0.205 e. The molecule has 0 bridgehead atoms. The average molecular weight is 402 g/mol. The third-order valence-electron chi connectivity index (χ3n) is 5.56. The first-order chi connectivity index (χ1) is 14.2. The Morgan fingerprint density at radius 1 is 1.10 bits per heavy atom. The number of hydrogen-bond acceptors (Lipinski definition) is 5. The van der Waals surface area contributed by atoms with E-state index in [2.05, 4.69) is 53.5 Å². The molecule has 1 unspecified atom stereocenters. The summed E-state index contributed by atoms with van der Waals surface area (Å²) in [7, 11) is 0. The number of para-hydroxylation sites is 1. The van der Waals surface area contributed by atoms with Gasteiger partial charge < -0.3 is 10.2 Å². The molecule has 2 aromatic carbocycles. The number of aromatic nitrogens is 1. The highest BCUT2D eigenvalue weighted by Gasteiger charge is 2.23. The maximum absolute atomic E-state index is 13.2. The van der Waals surface area contributed by atoms with Gasteiger partial charge in [0, 0.05) is 41.3 Å². The first kappa shape index (κ1) is 18.3. The lowest BCUT2D eigenvalue weighted by molar-refractivity contribution is 0.453. The molecular formula is C24H23N3OS. The van der Waals surface area contributed by atoms with Crippen LogP contribution in [0, 0.1) is 6.92 Å². The van der Waals surface area contributed by atoms with Gasteiger partial charge in [-0.1, -0.05) is 42.5 Å². The largest absolute Gasteiger partial charge is 0.353 e. The van der Waals surface area contributed by atoms with Gasteiger partial charge in [0.2, 0.25) is 5.43 Å². The second kappa shape index (κ2) is 7.58. The van der Waals surface area contributed by atoms with Crippen LogP contribution in [-0.2, 0) is 6.42 Å². The maximum atomic E-state index is 13.2. The number of fused-ring (bicyclic) bond motifs is 2. The van der Waals surface area contributed by atoms with Gasteiger partial charge in [0.05, 0.1) is 10.2 Å². The van der Waals surface area contributed by atoms with Crippen LogP contribution in [0.25, 0.3) is 21.0 Å². The molecule has 1 aliphatic rings. The Balaban J connectivity index is 1.60. The van der Waals surface area contributed by atoms with Crippen molar-refractivity contribution < 1.29 is 0 Å². The molecule has 1 atom stereocenters. The number of aryl methyl sites for hydroxylation is 1. The van der Waals surface area contributed by atoms with Gasteiger partial charge in [-0.2, -0.15) is 0 Å². The monoisotopic (exact) mass is 401 g/mol. The molecule has 29 heavy (non-hydrogen) atoms. The van der Waals surface area contributed by atoms with Gasteiger partial charge in [0.1, 0.15) is 5.82 Å². The van der Waals surface area contributed by atoms with Gasteiger partial charge in [-0.15, -0.1) is 11.3 Å². The second-order valence-corrected chi connectivity index (χ2v) is 8.92. The summed E-state index contributed by atoms with van der Waals surface area (Å²) >= 11 is 1.57. The summed E-state index contributed by atoms with van der Waals surface area (Å²) in [6.07, 6.45) is 0.982. The van der Waals surface area contributed by atoms with E-state index in [4.69, 9.17) is 4.98 Å². The van der Waals surface area contributed by atoms with E-state index in [0.717, 1.165) is 52.4 Å². The molecule has 1 N–H and O–H groups in total. The summed E-state index contributed by atoms with van der Waals surface area (Å²) in [6, 6.07) is 20.8. The quantitative estimate of drug-likeness (QED) is 0.560. The SMILES string of the molecule is Cc1cc2c(N3CCNC(Cc4ccccc4)C3)nc3ccccc3c(=O)c2s1. The third-order valence-corrected chi connectivity index (χ3v) is 6.61. The molecule has 1 saturated heterocycles. The molecule has 0 radical (unpaired) electrons. The molecule has 0 saturated carbocycles. The molecule has 0 aliphatic carbocycles. The van der Waals surface area contributed by atoms with E-state index >= 15 is 0 Å². The Hall–Kier alpha value is -2.76. The molecule has 0 amide bonds. The molecule has 0 spiro atoms. The first-order valence-corrected chi connectivity index (χ1v) is 10.9. The van der Waals surface area contributed by atoms with Crippen molar-refractivity contribution in [1.29, 1.82) is 0 Å². The Labute approximate surface area is 173 Å². The summed E-state index contributed by atoms with van der Waals surface area (Å²) in [5.41, 5.74) is 2.19. The standard InChI is InChI=1S/C24H23N3OS/c1-16-13-20-23(29-16)22(28)19-9-5-6-10-21(19)26-24(20)27-12-11-25-18(15-27)14-17-7-3-2-4-8-17/h2-10,13,18,25H,11-12,14-15H2,1H3. The Morgan fingerprint density at radius 3 is 2.76 bits per heavy atom.